The molecule has 1 amide bonds. The molecule has 0 spiro atoms. The quantitative estimate of drug-likeness (QED) is 0.389. The lowest BCUT2D eigenvalue weighted by Gasteiger charge is -2.29. The standard InChI is InChI=1S/C29H26N2O5S2/c1-37(33,34)25-12-6-8-22(18-25)21-7-5-9-23(17-21)27-19-26(38(35,36)24-10-3-2-4-11-24)13-14-28(27)31-16-15-30-20-29(31)32/h2-14,17-19,30H,15-16,20H2,1H3. The molecular weight excluding hydrogens is 520 g/mol. The Balaban J connectivity index is 1.67. The largest absolute Gasteiger partial charge is 0.309 e. The Morgan fingerprint density at radius 2 is 1.34 bits per heavy atom. The molecule has 1 fully saturated rings. The number of carbonyl (C=O) groups is 1. The number of anilines is 1. The highest BCUT2D eigenvalue weighted by molar-refractivity contribution is 7.91. The molecule has 0 saturated carbocycles. The second kappa shape index (κ2) is 10.2. The van der Waals surface area contributed by atoms with Gasteiger partial charge in [-0.3, -0.25) is 4.79 Å². The first-order chi connectivity index (χ1) is 18.1. The maximum Gasteiger partial charge on any atom is 0.241 e. The van der Waals surface area contributed by atoms with Crippen molar-refractivity contribution in [2.45, 2.75) is 14.7 Å². The topological polar surface area (TPSA) is 101 Å². The number of amides is 1. The molecule has 0 radical (unpaired) electrons. The molecule has 5 rings (SSSR count). The number of rotatable bonds is 6. The third-order valence-electron chi connectivity index (χ3n) is 6.48. The molecule has 38 heavy (non-hydrogen) atoms. The van der Waals surface area contributed by atoms with Crippen LogP contribution >= 0.6 is 0 Å². The molecule has 0 aliphatic carbocycles. The van der Waals surface area contributed by atoms with Gasteiger partial charge in [0.15, 0.2) is 9.84 Å². The van der Waals surface area contributed by atoms with E-state index in [1.165, 1.54) is 6.07 Å². The van der Waals surface area contributed by atoms with Gasteiger partial charge in [0.25, 0.3) is 0 Å². The van der Waals surface area contributed by atoms with Gasteiger partial charge in [0, 0.05) is 24.9 Å². The molecule has 1 aliphatic heterocycles. The summed E-state index contributed by atoms with van der Waals surface area (Å²) in [5, 5.41) is 3.06. The van der Waals surface area contributed by atoms with Gasteiger partial charge >= 0.3 is 0 Å². The molecule has 194 valence electrons. The summed E-state index contributed by atoms with van der Waals surface area (Å²) in [5.74, 6) is -0.104. The van der Waals surface area contributed by atoms with Crippen molar-refractivity contribution in [3.8, 4) is 22.3 Å². The fourth-order valence-electron chi connectivity index (χ4n) is 4.52. The molecule has 1 heterocycles. The maximum absolute atomic E-state index is 13.4. The summed E-state index contributed by atoms with van der Waals surface area (Å²) < 4.78 is 51.1. The van der Waals surface area contributed by atoms with E-state index in [1.54, 1.807) is 65.6 Å². The minimum Gasteiger partial charge on any atom is -0.309 e. The highest BCUT2D eigenvalue weighted by Gasteiger charge is 2.25. The Morgan fingerprint density at radius 3 is 2.05 bits per heavy atom. The van der Waals surface area contributed by atoms with Crippen LogP contribution < -0.4 is 10.2 Å². The highest BCUT2D eigenvalue weighted by Crippen LogP contribution is 2.37. The molecule has 4 aromatic rings. The molecule has 0 unspecified atom stereocenters. The second-order valence-electron chi connectivity index (χ2n) is 9.10. The first-order valence-electron chi connectivity index (χ1n) is 12.0. The van der Waals surface area contributed by atoms with Crippen LogP contribution in [0, 0.1) is 0 Å². The maximum atomic E-state index is 13.4. The van der Waals surface area contributed by atoms with E-state index >= 15 is 0 Å². The van der Waals surface area contributed by atoms with Gasteiger partial charge in [0.05, 0.1) is 26.9 Å². The summed E-state index contributed by atoms with van der Waals surface area (Å²) in [6.07, 6.45) is 1.16. The van der Waals surface area contributed by atoms with Gasteiger partial charge < -0.3 is 10.2 Å². The molecule has 0 atom stereocenters. The Kier molecular flexibility index (Phi) is 6.92. The number of benzene rings is 4. The summed E-state index contributed by atoms with van der Waals surface area (Å²) in [7, 11) is -7.19. The molecule has 4 aromatic carbocycles. The summed E-state index contributed by atoms with van der Waals surface area (Å²) in [6.45, 7) is 1.27. The SMILES string of the molecule is CS(=O)(=O)c1cccc(-c2cccc(-c3cc(S(=O)(=O)c4ccccc4)ccc3N3CCNCC3=O)c2)c1. The van der Waals surface area contributed by atoms with Crippen LogP contribution in [0.2, 0.25) is 0 Å². The molecule has 9 heteroatoms. The van der Waals surface area contributed by atoms with Crippen molar-refractivity contribution in [1.82, 2.24) is 5.32 Å². The van der Waals surface area contributed by atoms with Gasteiger partial charge in [-0.15, -0.1) is 0 Å². The molecule has 0 bridgehead atoms. The minimum absolute atomic E-state index is 0.104. The number of nitrogens with one attached hydrogen (secondary N) is 1. The van der Waals surface area contributed by atoms with Crippen molar-refractivity contribution in [3.05, 3.63) is 97.1 Å². The van der Waals surface area contributed by atoms with Crippen LogP contribution in [-0.4, -0.2) is 48.6 Å². The van der Waals surface area contributed by atoms with Gasteiger partial charge in [-0.05, 0) is 65.2 Å². The van der Waals surface area contributed by atoms with Crippen LogP contribution in [0.5, 0.6) is 0 Å². The predicted molar refractivity (Wildman–Crippen MR) is 148 cm³/mol. The summed E-state index contributed by atoms with van der Waals surface area (Å²) in [6, 6.07) is 27.2. The van der Waals surface area contributed by atoms with Gasteiger partial charge in [-0.25, -0.2) is 16.8 Å². The number of hydrogen-bond acceptors (Lipinski definition) is 6. The molecule has 0 aromatic heterocycles. The van der Waals surface area contributed by atoms with Gasteiger partial charge in [-0.2, -0.15) is 0 Å². The lowest BCUT2D eigenvalue weighted by molar-refractivity contribution is -0.118. The van der Waals surface area contributed by atoms with Gasteiger partial charge in [0.2, 0.25) is 15.7 Å². The van der Waals surface area contributed by atoms with Crippen molar-refractivity contribution in [3.63, 3.8) is 0 Å². The van der Waals surface area contributed by atoms with E-state index < -0.39 is 19.7 Å². The van der Waals surface area contributed by atoms with Crippen LogP contribution in [0.25, 0.3) is 22.3 Å². The number of hydrogen-bond donors (Lipinski definition) is 1. The highest BCUT2D eigenvalue weighted by atomic mass is 32.2. The zero-order valence-electron chi connectivity index (χ0n) is 20.7. The van der Waals surface area contributed by atoms with Crippen molar-refractivity contribution < 1.29 is 21.6 Å². The van der Waals surface area contributed by atoms with Crippen LogP contribution in [0.1, 0.15) is 0 Å². The summed E-state index contributed by atoms with van der Waals surface area (Å²) >= 11 is 0. The van der Waals surface area contributed by atoms with E-state index in [2.05, 4.69) is 5.32 Å². The first-order valence-corrected chi connectivity index (χ1v) is 15.4. The van der Waals surface area contributed by atoms with E-state index in [4.69, 9.17) is 0 Å². The minimum atomic E-state index is -3.80. The third kappa shape index (κ3) is 5.13. The van der Waals surface area contributed by atoms with E-state index in [0.29, 0.717) is 35.5 Å². The summed E-state index contributed by atoms with van der Waals surface area (Å²) in [4.78, 5) is 15.0. The normalized spacial score (nSPS) is 14.4. The van der Waals surface area contributed by atoms with E-state index in [-0.39, 0.29) is 27.1 Å². The third-order valence-corrected chi connectivity index (χ3v) is 9.36. The van der Waals surface area contributed by atoms with Crippen molar-refractivity contribution in [2.24, 2.45) is 0 Å². The first kappa shape index (κ1) is 25.8. The molecule has 7 nitrogen and oxygen atoms in total. The Morgan fingerprint density at radius 1 is 0.684 bits per heavy atom. The Bertz CT molecular complexity index is 1730. The van der Waals surface area contributed by atoms with E-state index in [9.17, 15) is 21.6 Å². The zero-order valence-corrected chi connectivity index (χ0v) is 22.3. The smallest absolute Gasteiger partial charge is 0.241 e. The van der Waals surface area contributed by atoms with Crippen molar-refractivity contribution >= 4 is 31.3 Å². The van der Waals surface area contributed by atoms with Gasteiger partial charge in [0.1, 0.15) is 0 Å². The molecular formula is C29H26N2O5S2. The van der Waals surface area contributed by atoms with Crippen LogP contribution in [0.3, 0.4) is 0 Å². The average Bonchev–Trinajstić information content (AvgIpc) is 2.93. The van der Waals surface area contributed by atoms with Crippen molar-refractivity contribution in [1.29, 1.82) is 0 Å². The average molecular weight is 547 g/mol. The van der Waals surface area contributed by atoms with E-state index in [1.807, 2.05) is 30.3 Å². The molecule has 1 saturated heterocycles. The van der Waals surface area contributed by atoms with Gasteiger partial charge in [-0.1, -0.05) is 48.5 Å². The monoisotopic (exact) mass is 546 g/mol. The number of carbonyl (C=O) groups excluding carboxylic acids is 1. The van der Waals surface area contributed by atoms with E-state index in [0.717, 1.165) is 11.8 Å². The molecule has 1 aliphatic rings. The fraction of sp³-hybridized carbons (Fsp3) is 0.138. The lowest BCUT2D eigenvalue weighted by Crippen LogP contribution is -2.48. The van der Waals surface area contributed by atoms with Crippen LogP contribution in [0.4, 0.5) is 5.69 Å². The second-order valence-corrected chi connectivity index (χ2v) is 13.1. The van der Waals surface area contributed by atoms with Crippen molar-refractivity contribution in [2.75, 3.05) is 30.8 Å². The number of nitrogens with zero attached hydrogens (tertiary/aromatic N) is 1. The van der Waals surface area contributed by atoms with Crippen LogP contribution in [-0.2, 0) is 24.5 Å². The van der Waals surface area contributed by atoms with Crippen LogP contribution in [0.15, 0.2) is 112 Å². The lowest BCUT2D eigenvalue weighted by atomic mass is 9.97. The molecule has 1 N–H and O–H groups in total. The number of sulfone groups is 2. The Labute approximate surface area is 222 Å². The zero-order chi connectivity index (χ0) is 26.9. The summed E-state index contributed by atoms with van der Waals surface area (Å²) in [5.41, 5.74) is 3.40. The Hall–Kier alpha value is -3.79. The predicted octanol–water partition coefficient (Wildman–Crippen LogP) is 4.19. The fourth-order valence-corrected chi connectivity index (χ4v) is 6.49. The number of piperazine rings is 1.